The maximum Gasteiger partial charge on any atom is 0.306 e. The minimum Gasteiger partial charge on any atom is -0.469 e. The van der Waals surface area contributed by atoms with E-state index in [-0.39, 0.29) is 22.4 Å². The number of unbranched alkanes of at least 4 members (excludes halogenated alkanes) is 2. The van der Waals surface area contributed by atoms with Gasteiger partial charge in [0.25, 0.3) is 0 Å². The van der Waals surface area contributed by atoms with Crippen molar-refractivity contribution in [1.29, 1.82) is 0 Å². The zero-order valence-corrected chi connectivity index (χ0v) is 12.6. The number of hydrogen-bond acceptors (Lipinski definition) is 4. The van der Waals surface area contributed by atoms with Gasteiger partial charge < -0.3 is 10.1 Å². The van der Waals surface area contributed by atoms with Gasteiger partial charge in [-0.3, -0.25) is 9.59 Å². The Hall–Kier alpha value is -0.710. The van der Waals surface area contributed by atoms with Gasteiger partial charge in [-0.25, -0.2) is 0 Å². The Labute approximate surface area is 114 Å². The van der Waals surface area contributed by atoms with Crippen molar-refractivity contribution in [2.45, 2.75) is 57.0 Å². The molecule has 0 rings (SSSR count). The third-order valence-electron chi connectivity index (χ3n) is 2.57. The van der Waals surface area contributed by atoms with Crippen LogP contribution in [-0.2, 0) is 14.3 Å². The molecule has 2 atom stereocenters. The van der Waals surface area contributed by atoms with E-state index in [0.717, 1.165) is 25.8 Å². The molecule has 0 spiro atoms. The summed E-state index contributed by atoms with van der Waals surface area (Å²) in [6.07, 6.45) is 3.66. The summed E-state index contributed by atoms with van der Waals surface area (Å²) in [7, 11) is 1.38. The number of esters is 1. The average Bonchev–Trinajstić information content (AvgIpc) is 2.33. The Morgan fingerprint density at radius 1 is 1.28 bits per heavy atom. The molecule has 0 fully saturated rings. The topological polar surface area (TPSA) is 55.4 Å². The molecule has 0 aromatic rings. The van der Waals surface area contributed by atoms with Crippen molar-refractivity contribution < 1.29 is 14.3 Å². The maximum atomic E-state index is 11.7. The van der Waals surface area contributed by atoms with Crippen LogP contribution in [0.15, 0.2) is 0 Å². The predicted octanol–water partition coefficient (Wildman–Crippen LogP) is 2.37. The molecule has 0 aromatic carbocycles. The van der Waals surface area contributed by atoms with Gasteiger partial charge >= 0.3 is 5.97 Å². The summed E-state index contributed by atoms with van der Waals surface area (Å²) < 4.78 is 4.60. The van der Waals surface area contributed by atoms with E-state index in [4.69, 9.17) is 0 Å². The number of rotatable bonds is 9. The second-order valence-corrected chi connectivity index (χ2v) is 6.15. The predicted molar refractivity (Wildman–Crippen MR) is 75.7 cm³/mol. The van der Waals surface area contributed by atoms with E-state index in [0.29, 0.717) is 6.42 Å². The van der Waals surface area contributed by atoms with Gasteiger partial charge in [-0.2, -0.15) is 0 Å². The molecule has 0 aliphatic carbocycles. The van der Waals surface area contributed by atoms with Gasteiger partial charge in [-0.15, -0.1) is 11.8 Å². The zero-order valence-electron chi connectivity index (χ0n) is 11.8. The van der Waals surface area contributed by atoms with Crippen LogP contribution in [0, 0.1) is 0 Å². The number of carbonyl (C=O) groups is 2. The first-order valence-corrected chi connectivity index (χ1v) is 7.45. The fourth-order valence-corrected chi connectivity index (χ4v) is 2.64. The number of amides is 1. The number of hydrogen-bond donors (Lipinski definition) is 1. The van der Waals surface area contributed by atoms with E-state index in [1.54, 1.807) is 0 Å². The molecule has 0 saturated carbocycles. The van der Waals surface area contributed by atoms with Crippen LogP contribution < -0.4 is 5.32 Å². The third-order valence-corrected chi connectivity index (χ3v) is 3.82. The molecule has 0 aliphatic heterocycles. The molecule has 1 amide bonds. The smallest absolute Gasteiger partial charge is 0.306 e. The minimum atomic E-state index is -0.231. The second-order valence-electron chi connectivity index (χ2n) is 4.37. The second kappa shape index (κ2) is 10.2. The molecule has 0 saturated heterocycles. The van der Waals surface area contributed by atoms with Gasteiger partial charge in [-0.1, -0.05) is 26.7 Å². The Morgan fingerprint density at radius 2 is 1.94 bits per heavy atom. The van der Waals surface area contributed by atoms with Crippen molar-refractivity contribution >= 4 is 23.6 Å². The summed E-state index contributed by atoms with van der Waals surface area (Å²) in [5.41, 5.74) is 0. The zero-order chi connectivity index (χ0) is 14.0. The Balaban J connectivity index is 3.81. The molecule has 5 heteroatoms. The number of methoxy groups -OCH3 is 1. The lowest BCUT2D eigenvalue weighted by Crippen LogP contribution is -2.32. The molecular formula is C13H25NO3S. The maximum absolute atomic E-state index is 11.7. The highest BCUT2D eigenvalue weighted by molar-refractivity contribution is 8.01. The van der Waals surface area contributed by atoms with Gasteiger partial charge in [0.2, 0.25) is 5.91 Å². The molecular weight excluding hydrogens is 250 g/mol. The number of ether oxygens (including phenoxy) is 1. The lowest BCUT2D eigenvalue weighted by molar-refractivity contribution is -0.140. The van der Waals surface area contributed by atoms with Gasteiger partial charge in [0.1, 0.15) is 0 Å². The van der Waals surface area contributed by atoms with Crippen LogP contribution in [0.1, 0.15) is 46.5 Å². The van der Waals surface area contributed by atoms with Crippen LogP contribution in [0.3, 0.4) is 0 Å². The van der Waals surface area contributed by atoms with E-state index in [9.17, 15) is 9.59 Å². The molecule has 18 heavy (non-hydrogen) atoms. The Morgan fingerprint density at radius 3 is 2.50 bits per heavy atom. The van der Waals surface area contributed by atoms with Crippen LogP contribution in [0.5, 0.6) is 0 Å². The van der Waals surface area contributed by atoms with E-state index < -0.39 is 0 Å². The molecule has 0 heterocycles. The number of carbonyl (C=O) groups excluding carboxylic acids is 2. The first-order chi connectivity index (χ1) is 8.51. The van der Waals surface area contributed by atoms with E-state index >= 15 is 0 Å². The van der Waals surface area contributed by atoms with E-state index in [2.05, 4.69) is 17.0 Å². The van der Waals surface area contributed by atoms with Gasteiger partial charge in [-0.05, 0) is 13.3 Å². The standard InChI is InChI=1S/C13H25NO3S/c1-5-6-7-8-14-13(16)11(3)18-10(2)9-12(15)17-4/h10-11H,5-9H2,1-4H3,(H,14,16). The largest absolute Gasteiger partial charge is 0.469 e. The summed E-state index contributed by atoms with van der Waals surface area (Å²) in [6.45, 7) is 6.67. The highest BCUT2D eigenvalue weighted by atomic mass is 32.2. The molecule has 1 N–H and O–H groups in total. The normalized spacial score (nSPS) is 13.8. The summed E-state index contributed by atoms with van der Waals surface area (Å²) in [5, 5.41) is 2.87. The van der Waals surface area contributed by atoms with E-state index in [1.165, 1.54) is 18.9 Å². The first kappa shape index (κ1) is 17.3. The Bertz CT molecular complexity index is 259. The summed E-state index contributed by atoms with van der Waals surface area (Å²) in [6, 6.07) is 0. The van der Waals surface area contributed by atoms with Crippen molar-refractivity contribution in [2.75, 3.05) is 13.7 Å². The summed E-state index contributed by atoms with van der Waals surface area (Å²) in [4.78, 5) is 22.8. The van der Waals surface area contributed by atoms with Crippen LogP contribution in [-0.4, -0.2) is 36.0 Å². The number of nitrogens with one attached hydrogen (secondary N) is 1. The van der Waals surface area contributed by atoms with Crippen molar-refractivity contribution in [2.24, 2.45) is 0 Å². The van der Waals surface area contributed by atoms with Crippen molar-refractivity contribution in [3.05, 3.63) is 0 Å². The van der Waals surface area contributed by atoms with Crippen LogP contribution >= 0.6 is 11.8 Å². The van der Waals surface area contributed by atoms with E-state index in [1.807, 2.05) is 13.8 Å². The SMILES string of the molecule is CCCCCNC(=O)C(C)SC(C)CC(=O)OC. The molecule has 0 radical (unpaired) electrons. The fraction of sp³-hybridized carbons (Fsp3) is 0.846. The van der Waals surface area contributed by atoms with Gasteiger partial charge in [0.15, 0.2) is 0 Å². The molecule has 0 aliphatic rings. The third kappa shape index (κ3) is 8.39. The molecule has 2 unspecified atom stereocenters. The van der Waals surface area contributed by atoms with Crippen molar-refractivity contribution in [3.8, 4) is 0 Å². The summed E-state index contributed by atoms with van der Waals surface area (Å²) in [5.74, 6) is -0.182. The van der Waals surface area contributed by atoms with Crippen LogP contribution in [0.4, 0.5) is 0 Å². The lowest BCUT2D eigenvalue weighted by atomic mass is 10.2. The lowest BCUT2D eigenvalue weighted by Gasteiger charge is -2.16. The highest BCUT2D eigenvalue weighted by Crippen LogP contribution is 2.20. The first-order valence-electron chi connectivity index (χ1n) is 6.51. The minimum absolute atomic E-state index is 0.0489. The van der Waals surface area contributed by atoms with Crippen LogP contribution in [0.25, 0.3) is 0 Å². The van der Waals surface area contributed by atoms with Crippen molar-refractivity contribution in [3.63, 3.8) is 0 Å². The molecule has 0 aromatic heterocycles. The summed E-state index contributed by atoms with van der Waals surface area (Å²) >= 11 is 1.50. The molecule has 4 nitrogen and oxygen atoms in total. The van der Waals surface area contributed by atoms with Gasteiger partial charge in [0.05, 0.1) is 18.8 Å². The quantitative estimate of drug-likeness (QED) is 0.518. The Kier molecular flexibility index (Phi) is 9.83. The average molecular weight is 275 g/mol. The fourth-order valence-electron chi connectivity index (χ4n) is 1.51. The van der Waals surface area contributed by atoms with Crippen molar-refractivity contribution in [1.82, 2.24) is 5.32 Å². The highest BCUT2D eigenvalue weighted by Gasteiger charge is 2.18. The van der Waals surface area contributed by atoms with Crippen LogP contribution in [0.2, 0.25) is 0 Å². The monoisotopic (exact) mass is 275 g/mol. The molecule has 0 bridgehead atoms. The van der Waals surface area contributed by atoms with Gasteiger partial charge in [0, 0.05) is 11.8 Å². The number of thioether (sulfide) groups is 1. The molecule has 106 valence electrons.